The standard InChI is InChI=1S/C6H6O4S/c1-10-4-2-3(7)5(11-4)6(8)9/h2,7H,1H3,(H,8,9). The molecule has 0 aliphatic heterocycles. The molecule has 11 heavy (non-hydrogen) atoms. The van der Waals surface area contributed by atoms with Crippen molar-refractivity contribution in [2.75, 3.05) is 7.11 Å². The zero-order valence-electron chi connectivity index (χ0n) is 5.70. The summed E-state index contributed by atoms with van der Waals surface area (Å²) < 4.78 is 4.72. The van der Waals surface area contributed by atoms with Crippen molar-refractivity contribution >= 4 is 17.3 Å². The average Bonchev–Trinajstić information content (AvgIpc) is 2.30. The predicted octanol–water partition coefficient (Wildman–Crippen LogP) is 1.16. The van der Waals surface area contributed by atoms with E-state index in [9.17, 15) is 4.79 Å². The predicted molar refractivity (Wildman–Crippen MR) is 39.5 cm³/mol. The molecule has 4 nitrogen and oxygen atoms in total. The summed E-state index contributed by atoms with van der Waals surface area (Å²) in [4.78, 5) is 10.3. The summed E-state index contributed by atoms with van der Waals surface area (Å²) in [5.74, 6) is -1.39. The molecule has 0 amide bonds. The van der Waals surface area contributed by atoms with Gasteiger partial charge in [0.25, 0.3) is 0 Å². The van der Waals surface area contributed by atoms with Crippen molar-refractivity contribution in [1.82, 2.24) is 0 Å². The topological polar surface area (TPSA) is 66.8 Å². The fraction of sp³-hybridized carbons (Fsp3) is 0.167. The van der Waals surface area contributed by atoms with Crippen LogP contribution in [-0.2, 0) is 0 Å². The highest BCUT2D eigenvalue weighted by atomic mass is 32.1. The molecule has 0 aliphatic rings. The van der Waals surface area contributed by atoms with Gasteiger partial charge in [0.15, 0.2) is 9.94 Å². The summed E-state index contributed by atoms with van der Waals surface area (Å²) in [5.41, 5.74) is 0. The Morgan fingerprint density at radius 1 is 1.73 bits per heavy atom. The third-order valence-corrected chi connectivity index (χ3v) is 2.16. The Balaban J connectivity index is 3.07. The van der Waals surface area contributed by atoms with Gasteiger partial charge in [0.2, 0.25) is 0 Å². The van der Waals surface area contributed by atoms with E-state index in [2.05, 4.69) is 0 Å². The molecule has 0 radical (unpaired) electrons. The largest absolute Gasteiger partial charge is 0.506 e. The minimum absolute atomic E-state index is 0.0955. The van der Waals surface area contributed by atoms with E-state index in [1.807, 2.05) is 0 Å². The number of thiophene rings is 1. The van der Waals surface area contributed by atoms with Gasteiger partial charge in [-0.2, -0.15) is 0 Å². The lowest BCUT2D eigenvalue weighted by atomic mass is 10.4. The molecule has 0 saturated carbocycles. The molecule has 0 aliphatic carbocycles. The zero-order chi connectivity index (χ0) is 8.43. The quantitative estimate of drug-likeness (QED) is 0.706. The number of hydrogen-bond acceptors (Lipinski definition) is 4. The maximum Gasteiger partial charge on any atom is 0.349 e. The first kappa shape index (κ1) is 7.87. The Labute approximate surface area is 66.7 Å². The Hall–Kier alpha value is -1.23. The average molecular weight is 174 g/mol. The van der Waals surface area contributed by atoms with Crippen molar-refractivity contribution < 1.29 is 19.7 Å². The Kier molecular flexibility index (Phi) is 2.00. The van der Waals surface area contributed by atoms with Gasteiger partial charge in [-0.1, -0.05) is 11.3 Å². The van der Waals surface area contributed by atoms with Gasteiger partial charge < -0.3 is 14.9 Å². The Morgan fingerprint density at radius 2 is 2.36 bits per heavy atom. The van der Waals surface area contributed by atoms with E-state index in [-0.39, 0.29) is 10.6 Å². The fourth-order valence-electron chi connectivity index (χ4n) is 0.613. The van der Waals surface area contributed by atoms with E-state index < -0.39 is 5.97 Å². The summed E-state index contributed by atoms with van der Waals surface area (Å²) in [7, 11) is 1.41. The van der Waals surface area contributed by atoms with E-state index in [0.717, 1.165) is 11.3 Å². The first-order valence-electron chi connectivity index (χ1n) is 2.75. The van der Waals surface area contributed by atoms with Gasteiger partial charge in [0.05, 0.1) is 7.11 Å². The third kappa shape index (κ3) is 1.43. The number of rotatable bonds is 2. The second-order valence-electron chi connectivity index (χ2n) is 1.79. The van der Waals surface area contributed by atoms with E-state index in [1.54, 1.807) is 0 Å². The van der Waals surface area contributed by atoms with Gasteiger partial charge in [-0.15, -0.1) is 0 Å². The van der Waals surface area contributed by atoms with Crippen LogP contribution in [0.25, 0.3) is 0 Å². The van der Waals surface area contributed by atoms with Crippen LogP contribution >= 0.6 is 11.3 Å². The molecule has 0 aromatic carbocycles. The fourth-order valence-corrected chi connectivity index (χ4v) is 1.32. The van der Waals surface area contributed by atoms with E-state index >= 15 is 0 Å². The van der Waals surface area contributed by atoms with Crippen LogP contribution < -0.4 is 4.74 Å². The van der Waals surface area contributed by atoms with Crippen molar-refractivity contribution in [3.63, 3.8) is 0 Å². The number of hydrogen-bond donors (Lipinski definition) is 2. The Bertz CT molecular complexity index is 278. The minimum atomic E-state index is -1.14. The highest BCUT2D eigenvalue weighted by molar-refractivity contribution is 7.16. The monoisotopic (exact) mass is 174 g/mol. The number of aromatic carboxylic acids is 1. The van der Waals surface area contributed by atoms with Crippen molar-refractivity contribution in [3.05, 3.63) is 10.9 Å². The van der Waals surface area contributed by atoms with Crippen LogP contribution in [0.3, 0.4) is 0 Å². The zero-order valence-corrected chi connectivity index (χ0v) is 6.51. The van der Waals surface area contributed by atoms with Crippen molar-refractivity contribution in [3.8, 4) is 10.8 Å². The molecule has 1 aromatic heterocycles. The minimum Gasteiger partial charge on any atom is -0.506 e. The van der Waals surface area contributed by atoms with Gasteiger partial charge in [-0.3, -0.25) is 0 Å². The molecule has 0 atom stereocenters. The summed E-state index contributed by atoms with van der Waals surface area (Å²) in [6.07, 6.45) is 0. The number of carboxylic acids is 1. The second-order valence-corrected chi connectivity index (χ2v) is 2.80. The molecule has 5 heteroatoms. The maximum atomic E-state index is 10.3. The number of carbonyl (C=O) groups is 1. The normalized spacial score (nSPS) is 9.55. The second kappa shape index (κ2) is 2.79. The van der Waals surface area contributed by atoms with Gasteiger partial charge in [0.1, 0.15) is 5.75 Å². The number of carboxylic acid groups (broad SMARTS) is 1. The van der Waals surface area contributed by atoms with E-state index in [0.29, 0.717) is 5.06 Å². The molecule has 1 heterocycles. The number of aromatic hydroxyl groups is 1. The molecule has 60 valence electrons. The first-order valence-corrected chi connectivity index (χ1v) is 3.57. The van der Waals surface area contributed by atoms with Crippen LogP contribution in [0.2, 0.25) is 0 Å². The molecule has 0 fully saturated rings. The lowest BCUT2D eigenvalue weighted by Crippen LogP contribution is -1.90. The van der Waals surface area contributed by atoms with Crippen LogP contribution in [-0.4, -0.2) is 23.3 Å². The van der Waals surface area contributed by atoms with Gasteiger partial charge in [0, 0.05) is 6.07 Å². The molecule has 0 spiro atoms. The molecule has 0 bridgehead atoms. The summed E-state index contributed by atoms with van der Waals surface area (Å²) in [6.45, 7) is 0. The first-order chi connectivity index (χ1) is 5.15. The lowest BCUT2D eigenvalue weighted by Gasteiger charge is -1.87. The molecular weight excluding hydrogens is 168 g/mol. The Morgan fingerprint density at radius 3 is 2.64 bits per heavy atom. The van der Waals surface area contributed by atoms with Crippen molar-refractivity contribution in [2.45, 2.75) is 0 Å². The van der Waals surface area contributed by atoms with E-state index in [4.69, 9.17) is 14.9 Å². The van der Waals surface area contributed by atoms with Gasteiger partial charge >= 0.3 is 5.97 Å². The SMILES string of the molecule is COc1cc(O)c(C(=O)O)s1. The highest BCUT2D eigenvalue weighted by Crippen LogP contribution is 2.33. The van der Waals surface area contributed by atoms with Crippen LogP contribution in [0, 0.1) is 0 Å². The van der Waals surface area contributed by atoms with E-state index in [1.165, 1.54) is 13.2 Å². The molecule has 0 unspecified atom stereocenters. The smallest absolute Gasteiger partial charge is 0.349 e. The van der Waals surface area contributed by atoms with Crippen LogP contribution in [0.5, 0.6) is 10.8 Å². The van der Waals surface area contributed by atoms with Crippen LogP contribution in [0.4, 0.5) is 0 Å². The lowest BCUT2D eigenvalue weighted by molar-refractivity contribution is 0.0699. The van der Waals surface area contributed by atoms with Gasteiger partial charge in [-0.25, -0.2) is 4.79 Å². The van der Waals surface area contributed by atoms with Crippen molar-refractivity contribution in [2.24, 2.45) is 0 Å². The maximum absolute atomic E-state index is 10.3. The van der Waals surface area contributed by atoms with Crippen LogP contribution in [0.1, 0.15) is 9.67 Å². The van der Waals surface area contributed by atoms with Gasteiger partial charge in [-0.05, 0) is 0 Å². The van der Waals surface area contributed by atoms with Crippen LogP contribution in [0.15, 0.2) is 6.07 Å². The van der Waals surface area contributed by atoms with Crippen molar-refractivity contribution in [1.29, 1.82) is 0 Å². The molecule has 1 aromatic rings. The molecule has 1 rings (SSSR count). The summed E-state index contributed by atoms with van der Waals surface area (Å²) in [6, 6.07) is 1.27. The molecule has 0 saturated heterocycles. The molecule has 2 N–H and O–H groups in total. The number of methoxy groups -OCH3 is 1. The summed E-state index contributed by atoms with van der Waals surface area (Å²) in [5, 5.41) is 17.8. The third-order valence-electron chi connectivity index (χ3n) is 1.09. The summed E-state index contributed by atoms with van der Waals surface area (Å²) >= 11 is 0.896. The number of ether oxygens (including phenoxy) is 1. The highest BCUT2D eigenvalue weighted by Gasteiger charge is 2.14. The molecular formula is C6H6O4S.